The van der Waals surface area contributed by atoms with Gasteiger partial charge in [0.1, 0.15) is 6.61 Å². The first-order valence-electron chi connectivity index (χ1n) is 4.80. The molecule has 1 aromatic carbocycles. The number of hydrogen-bond donors (Lipinski definition) is 2. The third kappa shape index (κ3) is 2.26. The number of carbonyl (C=O) groups is 1. The molecule has 1 aromatic heterocycles. The largest absolute Gasteiger partial charge is 0.387 e. The number of benzene rings is 1. The number of aromatic nitrogens is 2. The Bertz CT molecular complexity index is 462. The second kappa shape index (κ2) is 4.59. The van der Waals surface area contributed by atoms with Gasteiger partial charge < -0.3 is 10.4 Å². The Balaban J connectivity index is 2.14. The van der Waals surface area contributed by atoms with Gasteiger partial charge in [0.25, 0.3) is 0 Å². The maximum absolute atomic E-state index is 10.9. The van der Waals surface area contributed by atoms with Crippen molar-refractivity contribution >= 4 is 11.6 Å². The van der Waals surface area contributed by atoms with Crippen LogP contribution in [0.4, 0.5) is 5.69 Å². The van der Waals surface area contributed by atoms with E-state index in [1.54, 1.807) is 23.0 Å². The third-order valence-corrected chi connectivity index (χ3v) is 2.06. The summed E-state index contributed by atoms with van der Waals surface area (Å²) in [7, 11) is 0. The van der Waals surface area contributed by atoms with Crippen LogP contribution in [-0.4, -0.2) is 27.4 Å². The summed E-state index contributed by atoms with van der Waals surface area (Å²) in [4.78, 5) is 10.9. The van der Waals surface area contributed by atoms with Gasteiger partial charge in [0.15, 0.2) is 0 Å². The van der Waals surface area contributed by atoms with Crippen LogP contribution in [0.25, 0.3) is 5.69 Å². The number of carbonyl (C=O) groups excluding carboxylic acids is 1. The summed E-state index contributed by atoms with van der Waals surface area (Å²) in [6.45, 7) is -0.513. The van der Waals surface area contributed by atoms with Crippen LogP contribution in [0.5, 0.6) is 0 Å². The molecular weight excluding hydrogens is 206 g/mol. The zero-order chi connectivity index (χ0) is 11.4. The lowest BCUT2D eigenvalue weighted by Crippen LogP contribution is -2.15. The van der Waals surface area contributed by atoms with Crippen molar-refractivity contribution in [2.45, 2.75) is 0 Å². The van der Waals surface area contributed by atoms with Gasteiger partial charge >= 0.3 is 0 Å². The second-order valence-corrected chi connectivity index (χ2v) is 3.20. The molecule has 1 amide bonds. The monoisotopic (exact) mass is 217 g/mol. The van der Waals surface area contributed by atoms with E-state index in [0.29, 0.717) is 5.69 Å². The fraction of sp³-hybridized carbons (Fsp3) is 0.0909. The zero-order valence-electron chi connectivity index (χ0n) is 8.50. The summed E-state index contributed by atoms with van der Waals surface area (Å²) in [5.41, 5.74) is 1.56. The van der Waals surface area contributed by atoms with Gasteiger partial charge in [-0.05, 0) is 30.3 Å². The van der Waals surface area contributed by atoms with Crippen molar-refractivity contribution in [1.82, 2.24) is 9.78 Å². The van der Waals surface area contributed by atoms with Gasteiger partial charge in [0, 0.05) is 18.1 Å². The lowest BCUT2D eigenvalue weighted by Gasteiger charge is -2.05. The van der Waals surface area contributed by atoms with E-state index < -0.39 is 12.5 Å². The molecule has 0 spiro atoms. The van der Waals surface area contributed by atoms with Gasteiger partial charge in [0.2, 0.25) is 5.91 Å². The highest BCUT2D eigenvalue weighted by Crippen LogP contribution is 2.12. The average molecular weight is 217 g/mol. The predicted molar refractivity (Wildman–Crippen MR) is 59.3 cm³/mol. The van der Waals surface area contributed by atoms with Crippen molar-refractivity contribution in [2.24, 2.45) is 0 Å². The summed E-state index contributed by atoms with van der Waals surface area (Å²) in [6, 6.07) is 9.01. The van der Waals surface area contributed by atoms with E-state index in [1.807, 2.05) is 24.4 Å². The topological polar surface area (TPSA) is 67.2 Å². The van der Waals surface area contributed by atoms with Crippen LogP contribution >= 0.6 is 0 Å². The predicted octanol–water partition coefficient (Wildman–Crippen LogP) is 0.803. The summed E-state index contributed by atoms with van der Waals surface area (Å²) in [6.07, 6.45) is 3.53. The minimum atomic E-state index is -0.513. The molecule has 5 heteroatoms. The molecule has 0 bridgehead atoms. The number of nitrogens with zero attached hydrogens (tertiary/aromatic N) is 2. The van der Waals surface area contributed by atoms with Crippen LogP contribution in [0.3, 0.4) is 0 Å². The van der Waals surface area contributed by atoms with E-state index in [-0.39, 0.29) is 0 Å². The van der Waals surface area contributed by atoms with E-state index in [2.05, 4.69) is 10.4 Å². The molecule has 2 aromatic rings. The van der Waals surface area contributed by atoms with Crippen molar-refractivity contribution < 1.29 is 9.90 Å². The van der Waals surface area contributed by atoms with Crippen molar-refractivity contribution in [2.75, 3.05) is 11.9 Å². The van der Waals surface area contributed by atoms with Gasteiger partial charge in [-0.2, -0.15) is 5.10 Å². The molecule has 2 rings (SSSR count). The summed E-state index contributed by atoms with van der Waals surface area (Å²) in [5.74, 6) is -0.424. The van der Waals surface area contributed by atoms with E-state index in [9.17, 15) is 4.79 Å². The molecule has 0 aliphatic carbocycles. The molecule has 0 saturated carbocycles. The molecule has 1 heterocycles. The fourth-order valence-corrected chi connectivity index (χ4v) is 1.32. The molecule has 0 aliphatic heterocycles. The highest BCUT2D eigenvalue weighted by Gasteiger charge is 2.00. The van der Waals surface area contributed by atoms with Crippen molar-refractivity contribution in [1.29, 1.82) is 0 Å². The molecule has 0 radical (unpaired) electrons. The van der Waals surface area contributed by atoms with E-state index in [1.165, 1.54) is 0 Å². The second-order valence-electron chi connectivity index (χ2n) is 3.20. The standard InChI is InChI=1S/C11H11N3O2/c15-8-11(16)13-9-2-4-10(5-3-9)14-7-1-6-12-14/h1-7,15H,8H2,(H,13,16). The van der Waals surface area contributed by atoms with Crippen LogP contribution in [0, 0.1) is 0 Å². The molecule has 5 nitrogen and oxygen atoms in total. The Labute approximate surface area is 92.3 Å². The van der Waals surface area contributed by atoms with E-state index >= 15 is 0 Å². The maximum atomic E-state index is 10.9. The summed E-state index contributed by atoms with van der Waals surface area (Å²) >= 11 is 0. The lowest BCUT2D eigenvalue weighted by molar-refractivity contribution is -0.118. The Morgan fingerprint density at radius 2 is 2.12 bits per heavy atom. The first kappa shape index (κ1) is 10.4. The third-order valence-electron chi connectivity index (χ3n) is 2.06. The number of anilines is 1. The maximum Gasteiger partial charge on any atom is 0.250 e. The molecule has 2 N–H and O–H groups in total. The van der Waals surface area contributed by atoms with Crippen LogP contribution < -0.4 is 5.32 Å². The highest BCUT2D eigenvalue weighted by molar-refractivity contribution is 5.91. The van der Waals surface area contributed by atoms with E-state index in [0.717, 1.165) is 5.69 Å². The minimum absolute atomic E-state index is 0.424. The van der Waals surface area contributed by atoms with Gasteiger partial charge in [-0.1, -0.05) is 0 Å². The minimum Gasteiger partial charge on any atom is -0.387 e. The van der Waals surface area contributed by atoms with Gasteiger partial charge in [-0.15, -0.1) is 0 Å². The Morgan fingerprint density at radius 1 is 1.38 bits per heavy atom. The molecule has 82 valence electrons. The van der Waals surface area contributed by atoms with E-state index in [4.69, 9.17) is 5.11 Å². The number of nitrogens with one attached hydrogen (secondary N) is 1. The zero-order valence-corrected chi connectivity index (χ0v) is 8.50. The Hall–Kier alpha value is -2.14. The smallest absolute Gasteiger partial charge is 0.250 e. The quantitative estimate of drug-likeness (QED) is 0.799. The summed E-state index contributed by atoms with van der Waals surface area (Å²) in [5, 5.41) is 15.2. The highest BCUT2D eigenvalue weighted by atomic mass is 16.3. The van der Waals surface area contributed by atoms with Crippen molar-refractivity contribution in [3.05, 3.63) is 42.7 Å². The number of aliphatic hydroxyl groups excluding tert-OH is 1. The van der Waals surface area contributed by atoms with Crippen molar-refractivity contribution in [3.8, 4) is 5.69 Å². The molecule has 0 saturated heterocycles. The number of rotatable bonds is 3. The molecule has 0 unspecified atom stereocenters. The van der Waals surface area contributed by atoms with Crippen LogP contribution in [-0.2, 0) is 4.79 Å². The SMILES string of the molecule is O=C(CO)Nc1ccc(-n2cccn2)cc1. The number of hydrogen-bond acceptors (Lipinski definition) is 3. The summed E-state index contributed by atoms with van der Waals surface area (Å²) < 4.78 is 1.72. The van der Waals surface area contributed by atoms with Crippen LogP contribution in [0.1, 0.15) is 0 Å². The molecular formula is C11H11N3O2. The van der Waals surface area contributed by atoms with Crippen LogP contribution in [0.15, 0.2) is 42.7 Å². The molecule has 0 fully saturated rings. The fourth-order valence-electron chi connectivity index (χ4n) is 1.32. The average Bonchev–Trinajstić information content (AvgIpc) is 2.83. The lowest BCUT2D eigenvalue weighted by atomic mass is 10.3. The van der Waals surface area contributed by atoms with Gasteiger partial charge in [-0.3, -0.25) is 4.79 Å². The normalized spacial score (nSPS) is 10.1. The van der Waals surface area contributed by atoms with Crippen LogP contribution in [0.2, 0.25) is 0 Å². The Morgan fingerprint density at radius 3 is 2.69 bits per heavy atom. The van der Waals surface area contributed by atoms with Crippen molar-refractivity contribution in [3.63, 3.8) is 0 Å². The van der Waals surface area contributed by atoms with Gasteiger partial charge in [0.05, 0.1) is 5.69 Å². The first-order valence-corrected chi connectivity index (χ1v) is 4.80. The Kier molecular flexibility index (Phi) is 2.98. The number of amides is 1. The molecule has 0 aliphatic rings. The molecule has 16 heavy (non-hydrogen) atoms. The number of aliphatic hydroxyl groups is 1. The first-order chi connectivity index (χ1) is 7.79. The van der Waals surface area contributed by atoms with Gasteiger partial charge in [-0.25, -0.2) is 4.68 Å². The molecule has 0 atom stereocenters.